The minimum atomic E-state index is -1.34. The van der Waals surface area contributed by atoms with Crippen LogP contribution in [0.5, 0.6) is 0 Å². The van der Waals surface area contributed by atoms with E-state index in [0.29, 0.717) is 0 Å². The quantitative estimate of drug-likeness (QED) is 0.613. The molecule has 2 aromatic rings. The molecule has 2 N–H and O–H groups in total. The number of fused-ring (bicyclic) bond motifs is 3. The monoisotopic (exact) mass is 462 g/mol. The number of ether oxygens (including phenoxy) is 2. The third-order valence-corrected chi connectivity index (χ3v) is 6.34. The summed E-state index contributed by atoms with van der Waals surface area (Å²) in [6.07, 6.45) is 4.98. The van der Waals surface area contributed by atoms with E-state index in [4.69, 9.17) is 15.9 Å². The topological polar surface area (TPSA) is 105 Å². The van der Waals surface area contributed by atoms with Crippen molar-refractivity contribution >= 4 is 18.0 Å². The van der Waals surface area contributed by atoms with Crippen LogP contribution >= 0.6 is 0 Å². The van der Waals surface area contributed by atoms with Gasteiger partial charge in [0.1, 0.15) is 18.7 Å². The zero-order chi connectivity index (χ0) is 24.1. The highest BCUT2D eigenvalue weighted by Crippen LogP contribution is 2.44. The molecule has 2 aliphatic rings. The second-order valence-electron chi connectivity index (χ2n) is 8.40. The summed E-state index contributed by atoms with van der Waals surface area (Å²) >= 11 is 0. The maximum Gasteiger partial charge on any atom is 0.408 e. The van der Waals surface area contributed by atoms with E-state index >= 15 is 0 Å². The molecule has 0 bridgehead atoms. The van der Waals surface area contributed by atoms with Crippen LogP contribution in [-0.2, 0) is 19.1 Å². The summed E-state index contributed by atoms with van der Waals surface area (Å²) in [6, 6.07) is 16.0. The van der Waals surface area contributed by atoms with Crippen molar-refractivity contribution < 1.29 is 29.0 Å². The molecule has 1 aliphatic heterocycles. The van der Waals surface area contributed by atoms with E-state index in [1.54, 1.807) is 0 Å². The van der Waals surface area contributed by atoms with E-state index in [1.807, 2.05) is 48.5 Å². The van der Waals surface area contributed by atoms with Crippen LogP contribution in [0.15, 0.2) is 48.5 Å². The van der Waals surface area contributed by atoms with Crippen molar-refractivity contribution in [2.75, 3.05) is 32.9 Å². The van der Waals surface area contributed by atoms with E-state index in [9.17, 15) is 19.5 Å². The molecule has 34 heavy (non-hydrogen) atoms. The molecular formula is C26H26N2O6. The normalized spacial score (nSPS) is 16.0. The van der Waals surface area contributed by atoms with Gasteiger partial charge in [0.25, 0.3) is 0 Å². The standard InChI is InChI=1S/C26H26N2O6/c1-2-13-28(16-23(29)30)24(31)26(11-14-33-15-12-26)27-25(32)34-17-22-20-9-5-3-7-18(20)19-8-4-6-10-21(19)22/h1,3-10,22H,11-17H2,(H,27,32)(H,29,30). The number of hydrogen-bond donors (Lipinski definition) is 2. The molecule has 0 saturated carbocycles. The Balaban J connectivity index is 1.50. The van der Waals surface area contributed by atoms with Crippen LogP contribution in [0.25, 0.3) is 11.1 Å². The van der Waals surface area contributed by atoms with Gasteiger partial charge in [-0.3, -0.25) is 9.59 Å². The van der Waals surface area contributed by atoms with Crippen LogP contribution in [0.3, 0.4) is 0 Å². The summed E-state index contributed by atoms with van der Waals surface area (Å²) in [4.78, 5) is 38.5. The molecule has 0 atom stereocenters. The number of alkyl carbamates (subject to hydrolysis) is 1. The molecule has 1 saturated heterocycles. The number of nitrogens with one attached hydrogen (secondary N) is 1. The zero-order valence-electron chi connectivity index (χ0n) is 18.7. The average Bonchev–Trinajstić information content (AvgIpc) is 3.16. The van der Waals surface area contributed by atoms with Crippen molar-refractivity contribution in [3.63, 3.8) is 0 Å². The number of carbonyl (C=O) groups excluding carboxylic acids is 2. The molecule has 1 aliphatic carbocycles. The number of amides is 2. The van der Waals surface area contributed by atoms with E-state index in [-0.39, 0.29) is 45.1 Å². The van der Waals surface area contributed by atoms with Crippen LogP contribution in [0.1, 0.15) is 29.9 Å². The Kier molecular flexibility index (Phi) is 6.85. The van der Waals surface area contributed by atoms with Crippen LogP contribution in [0.4, 0.5) is 4.79 Å². The third-order valence-electron chi connectivity index (χ3n) is 6.34. The smallest absolute Gasteiger partial charge is 0.408 e. The molecule has 176 valence electrons. The number of nitrogens with zero attached hydrogens (tertiary/aromatic N) is 1. The van der Waals surface area contributed by atoms with Gasteiger partial charge in [-0.05, 0) is 22.3 Å². The number of hydrogen-bond acceptors (Lipinski definition) is 5. The Morgan fingerprint density at radius 1 is 1.09 bits per heavy atom. The molecule has 8 heteroatoms. The highest BCUT2D eigenvalue weighted by Gasteiger charge is 2.45. The number of benzene rings is 2. The van der Waals surface area contributed by atoms with Gasteiger partial charge in [0, 0.05) is 32.0 Å². The molecule has 0 unspecified atom stereocenters. The minimum absolute atomic E-state index is 0.101. The van der Waals surface area contributed by atoms with Gasteiger partial charge in [-0.2, -0.15) is 0 Å². The molecule has 2 aromatic carbocycles. The lowest BCUT2D eigenvalue weighted by atomic mass is 9.88. The summed E-state index contributed by atoms with van der Waals surface area (Å²) in [6.45, 7) is -0.152. The Bertz CT molecular complexity index is 1090. The summed E-state index contributed by atoms with van der Waals surface area (Å²) in [7, 11) is 0. The van der Waals surface area contributed by atoms with Crippen LogP contribution in [0, 0.1) is 12.3 Å². The highest BCUT2D eigenvalue weighted by atomic mass is 16.5. The lowest BCUT2D eigenvalue weighted by molar-refractivity contribution is -0.149. The number of terminal acetylenes is 1. The molecule has 1 heterocycles. The second kappa shape index (κ2) is 9.98. The highest BCUT2D eigenvalue weighted by molar-refractivity contribution is 5.92. The van der Waals surface area contributed by atoms with Crippen LogP contribution in [-0.4, -0.2) is 66.4 Å². The number of carboxylic acids is 1. The Morgan fingerprint density at radius 2 is 1.68 bits per heavy atom. The average molecular weight is 463 g/mol. The number of carbonyl (C=O) groups is 3. The Morgan fingerprint density at radius 3 is 2.24 bits per heavy atom. The van der Waals surface area contributed by atoms with Gasteiger partial charge < -0.3 is 24.8 Å². The fourth-order valence-electron chi connectivity index (χ4n) is 4.72. The number of rotatable bonds is 7. The second-order valence-corrected chi connectivity index (χ2v) is 8.40. The van der Waals surface area contributed by atoms with Gasteiger partial charge >= 0.3 is 12.1 Å². The first kappa shape index (κ1) is 23.3. The minimum Gasteiger partial charge on any atom is -0.480 e. The lowest BCUT2D eigenvalue weighted by Gasteiger charge is -2.39. The Hall–Kier alpha value is -3.83. The molecule has 0 radical (unpaired) electrons. The van der Waals surface area contributed by atoms with Gasteiger partial charge in [0.15, 0.2) is 0 Å². The summed E-state index contributed by atoms with van der Waals surface area (Å²) in [5, 5.41) is 11.9. The lowest BCUT2D eigenvalue weighted by Crippen LogP contribution is -2.62. The van der Waals surface area contributed by atoms with Crippen molar-refractivity contribution in [3.8, 4) is 23.5 Å². The van der Waals surface area contributed by atoms with Crippen LogP contribution < -0.4 is 5.32 Å². The maximum absolute atomic E-state index is 13.3. The zero-order valence-corrected chi connectivity index (χ0v) is 18.7. The first-order chi connectivity index (χ1) is 16.4. The van der Waals surface area contributed by atoms with Crippen molar-refractivity contribution in [1.82, 2.24) is 10.2 Å². The molecule has 8 nitrogen and oxygen atoms in total. The number of carboxylic acid groups (broad SMARTS) is 1. The number of aliphatic carboxylic acids is 1. The van der Waals surface area contributed by atoms with Crippen molar-refractivity contribution in [2.24, 2.45) is 0 Å². The predicted octanol–water partition coefficient (Wildman–Crippen LogP) is 2.62. The van der Waals surface area contributed by atoms with E-state index < -0.39 is 30.1 Å². The van der Waals surface area contributed by atoms with Crippen molar-refractivity contribution in [1.29, 1.82) is 0 Å². The van der Waals surface area contributed by atoms with Gasteiger partial charge in [-0.15, -0.1) is 6.42 Å². The molecular weight excluding hydrogens is 436 g/mol. The molecule has 0 spiro atoms. The van der Waals surface area contributed by atoms with Gasteiger partial charge in [-0.25, -0.2) is 4.79 Å². The molecule has 1 fully saturated rings. The maximum atomic E-state index is 13.3. The van der Waals surface area contributed by atoms with Gasteiger partial charge in [0.2, 0.25) is 5.91 Å². The first-order valence-corrected chi connectivity index (χ1v) is 11.1. The Labute approximate surface area is 197 Å². The molecule has 4 rings (SSSR count). The molecule has 0 aromatic heterocycles. The van der Waals surface area contributed by atoms with E-state index in [2.05, 4.69) is 11.2 Å². The summed E-state index contributed by atoms with van der Waals surface area (Å²) < 4.78 is 11.0. The predicted molar refractivity (Wildman–Crippen MR) is 124 cm³/mol. The van der Waals surface area contributed by atoms with Crippen LogP contribution in [0.2, 0.25) is 0 Å². The summed E-state index contributed by atoms with van der Waals surface area (Å²) in [5.74, 6) is 0.451. The fourth-order valence-corrected chi connectivity index (χ4v) is 4.72. The first-order valence-electron chi connectivity index (χ1n) is 11.1. The summed E-state index contributed by atoms with van der Waals surface area (Å²) in [5.41, 5.74) is 3.04. The van der Waals surface area contributed by atoms with E-state index in [1.165, 1.54) is 0 Å². The van der Waals surface area contributed by atoms with Crippen molar-refractivity contribution in [2.45, 2.75) is 24.3 Å². The third kappa shape index (κ3) is 4.61. The SMILES string of the molecule is C#CCN(CC(=O)O)C(=O)C1(NC(=O)OCC2c3ccccc3-c3ccccc32)CCOCC1. The van der Waals surface area contributed by atoms with Gasteiger partial charge in [0.05, 0.1) is 6.54 Å². The van der Waals surface area contributed by atoms with Gasteiger partial charge in [-0.1, -0.05) is 54.5 Å². The largest absolute Gasteiger partial charge is 0.480 e. The fraction of sp³-hybridized carbons (Fsp3) is 0.346. The molecule has 2 amide bonds. The van der Waals surface area contributed by atoms with E-state index in [0.717, 1.165) is 27.2 Å². The van der Waals surface area contributed by atoms with Crippen molar-refractivity contribution in [3.05, 3.63) is 59.7 Å².